The first-order valence-electron chi connectivity index (χ1n) is 5.18. The molecule has 2 aromatic rings. The lowest BCUT2D eigenvalue weighted by molar-refractivity contribution is 0.112. The van der Waals surface area contributed by atoms with Gasteiger partial charge in [-0.25, -0.2) is 0 Å². The summed E-state index contributed by atoms with van der Waals surface area (Å²) >= 11 is 6.00. The van der Waals surface area contributed by atoms with E-state index in [0.717, 1.165) is 5.56 Å². The number of rotatable bonds is 3. The van der Waals surface area contributed by atoms with Crippen LogP contribution in [0.1, 0.15) is 10.4 Å². The maximum absolute atomic E-state index is 11.5. The second kappa shape index (κ2) is 5.06. The number of carbonyl (C=O) groups is 1. The highest BCUT2D eigenvalue weighted by Crippen LogP contribution is 2.28. The molecule has 0 amide bonds. The first-order valence-corrected chi connectivity index (χ1v) is 5.56. The van der Waals surface area contributed by atoms with Gasteiger partial charge < -0.3 is 9.72 Å². The van der Waals surface area contributed by atoms with Crippen molar-refractivity contribution in [3.05, 3.63) is 51.3 Å². The van der Waals surface area contributed by atoms with Crippen LogP contribution in [0.3, 0.4) is 0 Å². The molecule has 0 bridgehead atoms. The zero-order chi connectivity index (χ0) is 13.1. The Bertz CT molecular complexity index is 649. The van der Waals surface area contributed by atoms with Crippen molar-refractivity contribution in [2.45, 2.75) is 0 Å². The van der Waals surface area contributed by atoms with Gasteiger partial charge in [0.1, 0.15) is 5.75 Å². The van der Waals surface area contributed by atoms with Crippen LogP contribution >= 0.6 is 11.6 Å². The number of H-pyrrole nitrogens is 1. The summed E-state index contributed by atoms with van der Waals surface area (Å²) in [5.74, 6) is 0.562. The average molecular weight is 264 g/mol. The van der Waals surface area contributed by atoms with Crippen molar-refractivity contribution in [3.8, 4) is 17.0 Å². The van der Waals surface area contributed by atoms with E-state index >= 15 is 0 Å². The lowest BCUT2D eigenvalue weighted by Crippen LogP contribution is -2.11. The molecule has 92 valence electrons. The monoisotopic (exact) mass is 263 g/mol. The van der Waals surface area contributed by atoms with Crippen molar-refractivity contribution in [1.29, 1.82) is 0 Å². The third-order valence-corrected chi connectivity index (χ3v) is 2.83. The van der Waals surface area contributed by atoms with Gasteiger partial charge in [0.15, 0.2) is 6.29 Å². The molecule has 1 heterocycles. The van der Waals surface area contributed by atoms with Gasteiger partial charge in [-0.05, 0) is 35.9 Å². The number of ether oxygens (including phenoxy) is 1. The van der Waals surface area contributed by atoms with Crippen LogP contribution in [0, 0.1) is 0 Å². The minimum Gasteiger partial charge on any atom is -0.495 e. The highest BCUT2D eigenvalue weighted by atomic mass is 35.5. The molecule has 1 aromatic heterocycles. The standard InChI is InChI=1S/C13H10ClNO3/c1-18-12-5-3-8(6-10(12)14)11-4-2-9(7-16)13(17)15-11/h2-7H,1H3,(H,15,17). The quantitative estimate of drug-likeness (QED) is 0.866. The van der Waals surface area contributed by atoms with E-state index < -0.39 is 5.56 Å². The SMILES string of the molecule is COc1ccc(-c2ccc(C=O)c(=O)[nH]2)cc1Cl. The molecule has 1 N–H and O–H groups in total. The van der Waals surface area contributed by atoms with Crippen molar-refractivity contribution >= 4 is 17.9 Å². The fourth-order valence-corrected chi connectivity index (χ4v) is 1.84. The number of hydrogen-bond acceptors (Lipinski definition) is 3. The molecule has 0 radical (unpaired) electrons. The van der Waals surface area contributed by atoms with E-state index in [1.165, 1.54) is 13.2 Å². The first-order chi connectivity index (χ1) is 8.65. The van der Waals surface area contributed by atoms with Gasteiger partial charge in [0.25, 0.3) is 5.56 Å². The maximum Gasteiger partial charge on any atom is 0.258 e. The van der Waals surface area contributed by atoms with E-state index in [0.29, 0.717) is 22.8 Å². The summed E-state index contributed by atoms with van der Waals surface area (Å²) in [4.78, 5) is 24.7. The van der Waals surface area contributed by atoms with Crippen LogP contribution in [0.4, 0.5) is 0 Å². The van der Waals surface area contributed by atoms with E-state index in [2.05, 4.69) is 4.98 Å². The van der Waals surface area contributed by atoms with E-state index in [9.17, 15) is 9.59 Å². The Hall–Kier alpha value is -2.07. The number of pyridine rings is 1. The second-order valence-corrected chi connectivity index (χ2v) is 4.03. The van der Waals surface area contributed by atoms with Crippen LogP contribution in [0.15, 0.2) is 35.1 Å². The maximum atomic E-state index is 11.5. The molecule has 0 saturated carbocycles. The molecule has 1 aromatic carbocycles. The molecule has 4 nitrogen and oxygen atoms in total. The Morgan fingerprint density at radius 2 is 2.06 bits per heavy atom. The minimum atomic E-state index is -0.422. The number of aromatic nitrogens is 1. The van der Waals surface area contributed by atoms with E-state index in [1.54, 1.807) is 24.3 Å². The number of carbonyl (C=O) groups excluding carboxylic acids is 1. The number of methoxy groups -OCH3 is 1. The highest BCUT2D eigenvalue weighted by molar-refractivity contribution is 6.32. The number of halogens is 1. The number of hydrogen-bond donors (Lipinski definition) is 1. The summed E-state index contributed by atoms with van der Waals surface area (Å²) in [5, 5.41) is 0.454. The minimum absolute atomic E-state index is 0.0957. The van der Waals surface area contributed by atoms with Crippen LogP contribution in [-0.4, -0.2) is 18.4 Å². The smallest absolute Gasteiger partial charge is 0.258 e. The van der Waals surface area contributed by atoms with Gasteiger partial charge in [-0.15, -0.1) is 0 Å². The Balaban J connectivity index is 2.49. The number of nitrogens with one attached hydrogen (secondary N) is 1. The van der Waals surface area contributed by atoms with Crippen LogP contribution in [0.2, 0.25) is 5.02 Å². The summed E-state index contributed by atoms with van der Waals surface area (Å²) in [6, 6.07) is 8.30. The molecule has 0 aliphatic rings. The predicted molar refractivity (Wildman–Crippen MR) is 69.4 cm³/mol. The molecule has 0 aliphatic heterocycles. The molecule has 0 unspecified atom stereocenters. The van der Waals surface area contributed by atoms with Crippen LogP contribution in [0.5, 0.6) is 5.75 Å². The van der Waals surface area contributed by atoms with Gasteiger partial charge in [0, 0.05) is 5.69 Å². The Morgan fingerprint density at radius 1 is 1.28 bits per heavy atom. The van der Waals surface area contributed by atoms with Gasteiger partial charge in [-0.1, -0.05) is 11.6 Å². The summed E-state index contributed by atoms with van der Waals surface area (Å²) < 4.78 is 5.05. The Kier molecular flexibility index (Phi) is 3.48. The van der Waals surface area contributed by atoms with Crippen molar-refractivity contribution in [2.24, 2.45) is 0 Å². The van der Waals surface area contributed by atoms with Crippen LogP contribution in [0.25, 0.3) is 11.3 Å². The molecule has 0 aliphatic carbocycles. The van der Waals surface area contributed by atoms with E-state index in [-0.39, 0.29) is 5.56 Å². The summed E-state index contributed by atoms with van der Waals surface area (Å²) in [6.45, 7) is 0. The molecular formula is C13H10ClNO3. The Morgan fingerprint density at radius 3 is 2.61 bits per heavy atom. The summed E-state index contributed by atoms with van der Waals surface area (Å²) in [6.07, 6.45) is 0.517. The normalized spacial score (nSPS) is 10.1. The lowest BCUT2D eigenvalue weighted by atomic mass is 10.1. The third kappa shape index (κ3) is 2.28. The highest BCUT2D eigenvalue weighted by Gasteiger charge is 2.06. The largest absolute Gasteiger partial charge is 0.495 e. The van der Waals surface area contributed by atoms with Crippen LogP contribution in [-0.2, 0) is 0 Å². The molecule has 0 saturated heterocycles. The van der Waals surface area contributed by atoms with Gasteiger partial charge >= 0.3 is 0 Å². The zero-order valence-corrected chi connectivity index (χ0v) is 10.3. The van der Waals surface area contributed by atoms with Crippen molar-refractivity contribution in [1.82, 2.24) is 4.98 Å². The van der Waals surface area contributed by atoms with E-state index in [1.807, 2.05) is 0 Å². The number of aldehydes is 1. The van der Waals surface area contributed by atoms with Crippen molar-refractivity contribution in [3.63, 3.8) is 0 Å². The molecule has 0 atom stereocenters. The third-order valence-electron chi connectivity index (χ3n) is 2.53. The van der Waals surface area contributed by atoms with Crippen molar-refractivity contribution < 1.29 is 9.53 Å². The topological polar surface area (TPSA) is 59.2 Å². The van der Waals surface area contributed by atoms with Gasteiger partial charge in [-0.3, -0.25) is 9.59 Å². The molecule has 18 heavy (non-hydrogen) atoms. The van der Waals surface area contributed by atoms with Crippen molar-refractivity contribution in [2.75, 3.05) is 7.11 Å². The fraction of sp³-hybridized carbons (Fsp3) is 0.0769. The zero-order valence-electron chi connectivity index (χ0n) is 9.57. The fourth-order valence-electron chi connectivity index (χ4n) is 1.58. The predicted octanol–water partition coefficient (Wildman–Crippen LogP) is 2.52. The number of benzene rings is 1. The number of aromatic amines is 1. The molecular weight excluding hydrogens is 254 g/mol. The average Bonchev–Trinajstić information content (AvgIpc) is 2.38. The first kappa shape index (κ1) is 12.4. The summed E-state index contributed by atoms with van der Waals surface area (Å²) in [7, 11) is 1.53. The van der Waals surface area contributed by atoms with Gasteiger partial charge in [0.05, 0.1) is 17.7 Å². The van der Waals surface area contributed by atoms with E-state index in [4.69, 9.17) is 16.3 Å². The summed E-state index contributed by atoms with van der Waals surface area (Å²) in [5.41, 5.74) is 1.01. The molecule has 5 heteroatoms. The van der Waals surface area contributed by atoms with Gasteiger partial charge in [-0.2, -0.15) is 0 Å². The molecule has 0 spiro atoms. The molecule has 2 rings (SSSR count). The van der Waals surface area contributed by atoms with Gasteiger partial charge in [0.2, 0.25) is 0 Å². The Labute approximate surface area is 108 Å². The second-order valence-electron chi connectivity index (χ2n) is 3.62. The lowest BCUT2D eigenvalue weighted by Gasteiger charge is -2.06. The van der Waals surface area contributed by atoms with Crippen LogP contribution < -0.4 is 10.3 Å². The molecule has 0 fully saturated rings.